The first-order chi connectivity index (χ1) is 9.54. The average molecular weight is 277 g/mol. The molecule has 0 aromatic heterocycles. The molecule has 1 saturated heterocycles. The van der Waals surface area contributed by atoms with Crippen molar-refractivity contribution in [3.63, 3.8) is 0 Å². The Balaban J connectivity index is 1.89. The third-order valence-corrected chi connectivity index (χ3v) is 3.25. The molecule has 0 atom stereocenters. The molecule has 1 amide bonds. The van der Waals surface area contributed by atoms with E-state index < -0.39 is 0 Å². The number of hydrogen-bond acceptors (Lipinski definition) is 4. The van der Waals surface area contributed by atoms with E-state index in [-0.39, 0.29) is 12.0 Å². The Hall–Kier alpha value is -1.59. The Kier molecular flexibility index (Phi) is 4.98. The SMILES string of the molecule is CC(C)Oc1ccc(C(=O)NN2CCN(C)CC2)cc1. The van der Waals surface area contributed by atoms with Gasteiger partial charge in [0.2, 0.25) is 0 Å². The van der Waals surface area contributed by atoms with E-state index in [9.17, 15) is 4.79 Å². The van der Waals surface area contributed by atoms with Gasteiger partial charge in [-0.05, 0) is 45.2 Å². The molecule has 1 aromatic carbocycles. The van der Waals surface area contributed by atoms with Crippen LogP contribution < -0.4 is 10.2 Å². The van der Waals surface area contributed by atoms with Gasteiger partial charge >= 0.3 is 0 Å². The van der Waals surface area contributed by atoms with E-state index in [1.165, 1.54) is 0 Å². The van der Waals surface area contributed by atoms with Crippen molar-refractivity contribution in [2.75, 3.05) is 33.2 Å². The minimum atomic E-state index is -0.0642. The Bertz CT molecular complexity index is 437. The highest BCUT2D eigenvalue weighted by molar-refractivity contribution is 5.93. The fraction of sp³-hybridized carbons (Fsp3) is 0.533. The molecule has 1 aliphatic heterocycles. The minimum Gasteiger partial charge on any atom is -0.491 e. The predicted octanol–water partition coefficient (Wildman–Crippen LogP) is 1.37. The van der Waals surface area contributed by atoms with Crippen molar-refractivity contribution in [2.24, 2.45) is 0 Å². The van der Waals surface area contributed by atoms with Crippen molar-refractivity contribution in [3.05, 3.63) is 29.8 Å². The highest BCUT2D eigenvalue weighted by Crippen LogP contribution is 2.14. The van der Waals surface area contributed by atoms with Crippen LogP contribution in [0.5, 0.6) is 5.75 Å². The summed E-state index contributed by atoms with van der Waals surface area (Å²) in [5.74, 6) is 0.724. The topological polar surface area (TPSA) is 44.8 Å². The zero-order valence-electron chi connectivity index (χ0n) is 12.4. The summed E-state index contributed by atoms with van der Waals surface area (Å²) in [4.78, 5) is 14.4. The number of hydrogen-bond donors (Lipinski definition) is 1. The molecule has 0 unspecified atom stereocenters. The van der Waals surface area contributed by atoms with Gasteiger partial charge in [0.05, 0.1) is 6.10 Å². The van der Waals surface area contributed by atoms with Crippen LogP contribution in [-0.4, -0.2) is 55.1 Å². The van der Waals surface area contributed by atoms with Crippen LogP contribution in [0.25, 0.3) is 0 Å². The maximum Gasteiger partial charge on any atom is 0.265 e. The third kappa shape index (κ3) is 4.21. The summed E-state index contributed by atoms with van der Waals surface area (Å²) >= 11 is 0. The Morgan fingerprint density at radius 3 is 2.30 bits per heavy atom. The van der Waals surface area contributed by atoms with Crippen LogP contribution in [0.2, 0.25) is 0 Å². The average Bonchev–Trinajstić information content (AvgIpc) is 2.41. The smallest absolute Gasteiger partial charge is 0.265 e. The molecule has 5 nitrogen and oxygen atoms in total. The van der Waals surface area contributed by atoms with E-state index >= 15 is 0 Å². The Morgan fingerprint density at radius 1 is 1.15 bits per heavy atom. The van der Waals surface area contributed by atoms with Crippen molar-refractivity contribution < 1.29 is 9.53 Å². The van der Waals surface area contributed by atoms with Gasteiger partial charge in [0.1, 0.15) is 5.75 Å². The normalized spacial score (nSPS) is 17.2. The van der Waals surface area contributed by atoms with Gasteiger partial charge in [0.15, 0.2) is 0 Å². The molecule has 5 heteroatoms. The second kappa shape index (κ2) is 6.72. The maximum absolute atomic E-state index is 12.1. The number of carbonyl (C=O) groups is 1. The van der Waals surface area contributed by atoms with Crippen LogP contribution in [0.15, 0.2) is 24.3 Å². The molecule has 1 heterocycles. The summed E-state index contributed by atoms with van der Waals surface area (Å²) in [5, 5.41) is 1.97. The quantitative estimate of drug-likeness (QED) is 0.903. The zero-order chi connectivity index (χ0) is 14.5. The lowest BCUT2D eigenvalue weighted by atomic mass is 10.2. The van der Waals surface area contributed by atoms with Crippen LogP contribution >= 0.6 is 0 Å². The summed E-state index contributed by atoms with van der Waals surface area (Å²) < 4.78 is 5.56. The first kappa shape index (κ1) is 14.8. The molecule has 1 N–H and O–H groups in total. The number of benzene rings is 1. The van der Waals surface area contributed by atoms with E-state index in [2.05, 4.69) is 17.4 Å². The van der Waals surface area contributed by atoms with Gasteiger partial charge in [-0.3, -0.25) is 10.2 Å². The highest BCUT2D eigenvalue weighted by Gasteiger charge is 2.16. The molecule has 1 aromatic rings. The maximum atomic E-state index is 12.1. The first-order valence-corrected chi connectivity index (χ1v) is 7.06. The molecule has 0 saturated carbocycles. The van der Waals surface area contributed by atoms with Gasteiger partial charge < -0.3 is 9.64 Å². The number of amides is 1. The van der Waals surface area contributed by atoms with Gasteiger partial charge in [-0.1, -0.05) is 0 Å². The van der Waals surface area contributed by atoms with Crippen LogP contribution in [0, 0.1) is 0 Å². The molecule has 1 fully saturated rings. The third-order valence-electron chi connectivity index (χ3n) is 3.25. The van der Waals surface area contributed by atoms with Crippen molar-refractivity contribution in [1.29, 1.82) is 0 Å². The van der Waals surface area contributed by atoms with Crippen molar-refractivity contribution in [2.45, 2.75) is 20.0 Å². The number of rotatable bonds is 4. The number of carbonyl (C=O) groups excluding carboxylic acids is 1. The summed E-state index contributed by atoms with van der Waals surface area (Å²) in [6.07, 6.45) is 0.139. The summed E-state index contributed by atoms with van der Waals surface area (Å²) in [7, 11) is 2.09. The number of ether oxygens (including phenoxy) is 1. The summed E-state index contributed by atoms with van der Waals surface area (Å²) in [6, 6.07) is 7.25. The summed E-state index contributed by atoms with van der Waals surface area (Å²) in [6.45, 7) is 7.62. The molecule has 110 valence electrons. The fourth-order valence-electron chi connectivity index (χ4n) is 2.08. The highest BCUT2D eigenvalue weighted by atomic mass is 16.5. The van der Waals surface area contributed by atoms with Gasteiger partial charge in [-0.2, -0.15) is 0 Å². The summed E-state index contributed by atoms with van der Waals surface area (Å²) in [5.41, 5.74) is 3.60. The number of nitrogens with zero attached hydrogens (tertiary/aromatic N) is 2. The lowest BCUT2D eigenvalue weighted by Crippen LogP contribution is -2.52. The molecule has 20 heavy (non-hydrogen) atoms. The van der Waals surface area contributed by atoms with E-state index in [0.29, 0.717) is 5.56 Å². The predicted molar refractivity (Wildman–Crippen MR) is 78.7 cm³/mol. The molecule has 0 spiro atoms. The van der Waals surface area contributed by atoms with Crippen LogP contribution in [-0.2, 0) is 0 Å². The lowest BCUT2D eigenvalue weighted by molar-refractivity contribution is 0.0662. The van der Waals surface area contributed by atoms with E-state index in [1.54, 1.807) is 12.1 Å². The lowest BCUT2D eigenvalue weighted by Gasteiger charge is -2.32. The molecule has 1 aliphatic rings. The van der Waals surface area contributed by atoms with Gasteiger partial charge in [-0.15, -0.1) is 0 Å². The van der Waals surface area contributed by atoms with Crippen molar-refractivity contribution >= 4 is 5.91 Å². The van der Waals surface area contributed by atoms with Crippen molar-refractivity contribution in [3.8, 4) is 5.75 Å². The largest absolute Gasteiger partial charge is 0.491 e. The number of piperazine rings is 1. The number of hydrazine groups is 1. The molecule has 0 radical (unpaired) electrons. The second-order valence-corrected chi connectivity index (χ2v) is 5.42. The van der Waals surface area contributed by atoms with E-state index in [4.69, 9.17) is 4.74 Å². The molecule has 2 rings (SSSR count). The Morgan fingerprint density at radius 2 is 1.75 bits per heavy atom. The van der Waals surface area contributed by atoms with Gasteiger partial charge in [-0.25, -0.2) is 5.01 Å². The van der Waals surface area contributed by atoms with Crippen molar-refractivity contribution in [1.82, 2.24) is 15.3 Å². The van der Waals surface area contributed by atoms with E-state index in [1.807, 2.05) is 31.0 Å². The molecular formula is C15H23N3O2. The van der Waals surface area contributed by atoms with Gasteiger partial charge in [0, 0.05) is 31.7 Å². The second-order valence-electron chi connectivity index (χ2n) is 5.42. The zero-order valence-corrected chi connectivity index (χ0v) is 12.4. The number of likely N-dealkylation sites (N-methyl/N-ethyl adjacent to an activating group) is 1. The van der Waals surface area contributed by atoms with Crippen LogP contribution in [0.3, 0.4) is 0 Å². The monoisotopic (exact) mass is 277 g/mol. The minimum absolute atomic E-state index is 0.0642. The molecule has 0 aliphatic carbocycles. The van der Waals surface area contributed by atoms with Crippen LogP contribution in [0.4, 0.5) is 0 Å². The first-order valence-electron chi connectivity index (χ1n) is 7.06. The number of nitrogens with one attached hydrogen (secondary N) is 1. The van der Waals surface area contributed by atoms with Crippen LogP contribution in [0.1, 0.15) is 24.2 Å². The molecular weight excluding hydrogens is 254 g/mol. The fourth-order valence-corrected chi connectivity index (χ4v) is 2.08. The Labute approximate surface area is 120 Å². The standard InChI is InChI=1S/C15H23N3O2/c1-12(2)20-14-6-4-13(5-7-14)15(19)16-18-10-8-17(3)9-11-18/h4-7,12H,8-11H2,1-3H3,(H,16,19). The van der Waals surface area contributed by atoms with Gasteiger partial charge in [0.25, 0.3) is 5.91 Å². The van der Waals surface area contributed by atoms with E-state index in [0.717, 1.165) is 31.9 Å². The molecule has 0 bridgehead atoms.